The van der Waals surface area contributed by atoms with Crippen molar-refractivity contribution in [2.45, 2.75) is 6.04 Å². The highest BCUT2D eigenvalue weighted by Gasteiger charge is 2.23. The standard InChI is InChI=1S/C17H21ClN4O2/c1-23-14-4-2-13(3-5-14)16(22-6-8-24-9-7-22)11-20-17-15(18)10-19-12-21-17/h2-5,10,12,16H,6-9,11H2,1H3,(H,19,20,21)/t16-/m1/s1. The number of rotatable bonds is 6. The number of nitrogens with zero attached hydrogens (tertiary/aromatic N) is 3. The molecule has 0 amide bonds. The molecule has 3 rings (SSSR count). The van der Waals surface area contributed by atoms with Gasteiger partial charge in [0.25, 0.3) is 0 Å². The van der Waals surface area contributed by atoms with Gasteiger partial charge in [0.2, 0.25) is 0 Å². The Bertz CT molecular complexity index is 647. The Labute approximate surface area is 146 Å². The molecule has 0 radical (unpaired) electrons. The molecule has 1 saturated heterocycles. The van der Waals surface area contributed by atoms with Gasteiger partial charge in [-0.25, -0.2) is 9.97 Å². The lowest BCUT2D eigenvalue weighted by Crippen LogP contribution is -2.41. The van der Waals surface area contributed by atoms with Gasteiger partial charge in [0.1, 0.15) is 22.9 Å². The Balaban J connectivity index is 1.77. The second-order valence-electron chi connectivity index (χ2n) is 5.54. The molecular formula is C17H21ClN4O2. The minimum Gasteiger partial charge on any atom is -0.497 e. The van der Waals surface area contributed by atoms with E-state index in [1.807, 2.05) is 12.1 Å². The first kappa shape index (κ1) is 17.0. The van der Waals surface area contributed by atoms with Crippen LogP contribution in [0.3, 0.4) is 0 Å². The van der Waals surface area contributed by atoms with Crippen LogP contribution in [0.15, 0.2) is 36.8 Å². The van der Waals surface area contributed by atoms with Crippen LogP contribution in [0.4, 0.5) is 5.82 Å². The van der Waals surface area contributed by atoms with Crippen LogP contribution in [0, 0.1) is 0 Å². The smallest absolute Gasteiger partial charge is 0.148 e. The summed E-state index contributed by atoms with van der Waals surface area (Å²) in [6, 6.07) is 8.37. The zero-order chi connectivity index (χ0) is 16.8. The van der Waals surface area contributed by atoms with E-state index in [0.29, 0.717) is 17.4 Å². The van der Waals surface area contributed by atoms with Crippen molar-refractivity contribution in [3.63, 3.8) is 0 Å². The van der Waals surface area contributed by atoms with Gasteiger partial charge < -0.3 is 14.8 Å². The van der Waals surface area contributed by atoms with E-state index < -0.39 is 0 Å². The van der Waals surface area contributed by atoms with Crippen LogP contribution in [0.5, 0.6) is 5.75 Å². The summed E-state index contributed by atoms with van der Waals surface area (Å²) in [5, 5.41) is 3.86. The molecule has 2 heterocycles. The predicted molar refractivity (Wildman–Crippen MR) is 93.7 cm³/mol. The third-order valence-electron chi connectivity index (χ3n) is 4.12. The summed E-state index contributed by atoms with van der Waals surface area (Å²) in [5.41, 5.74) is 1.22. The molecule has 1 fully saturated rings. The fourth-order valence-electron chi connectivity index (χ4n) is 2.81. The third-order valence-corrected chi connectivity index (χ3v) is 4.39. The number of benzene rings is 1. The maximum absolute atomic E-state index is 6.14. The Hall–Kier alpha value is -1.89. The van der Waals surface area contributed by atoms with Crippen molar-refractivity contribution in [2.24, 2.45) is 0 Å². The zero-order valence-electron chi connectivity index (χ0n) is 13.6. The molecule has 0 spiro atoms. The van der Waals surface area contributed by atoms with Crippen LogP contribution in [-0.4, -0.2) is 54.8 Å². The lowest BCUT2D eigenvalue weighted by Gasteiger charge is -2.35. The molecular weight excluding hydrogens is 328 g/mol. The molecule has 0 saturated carbocycles. The van der Waals surface area contributed by atoms with Crippen molar-refractivity contribution in [3.8, 4) is 5.75 Å². The lowest BCUT2D eigenvalue weighted by atomic mass is 10.0. The third kappa shape index (κ3) is 4.14. The molecule has 1 atom stereocenters. The number of morpholine rings is 1. The highest BCUT2D eigenvalue weighted by molar-refractivity contribution is 6.32. The van der Waals surface area contributed by atoms with E-state index in [1.54, 1.807) is 13.3 Å². The molecule has 1 aromatic heterocycles. The van der Waals surface area contributed by atoms with Crippen LogP contribution in [0.25, 0.3) is 0 Å². The van der Waals surface area contributed by atoms with Gasteiger partial charge in [-0.1, -0.05) is 23.7 Å². The molecule has 1 N–H and O–H groups in total. The molecule has 1 aliphatic heterocycles. The SMILES string of the molecule is COc1ccc([C@@H](CNc2ncncc2Cl)N2CCOCC2)cc1. The van der Waals surface area contributed by atoms with E-state index >= 15 is 0 Å². The second-order valence-corrected chi connectivity index (χ2v) is 5.94. The zero-order valence-corrected chi connectivity index (χ0v) is 14.4. The van der Waals surface area contributed by atoms with Crippen LogP contribution < -0.4 is 10.1 Å². The minimum atomic E-state index is 0.200. The monoisotopic (exact) mass is 348 g/mol. The Morgan fingerprint density at radius 3 is 2.71 bits per heavy atom. The summed E-state index contributed by atoms with van der Waals surface area (Å²) >= 11 is 6.14. The van der Waals surface area contributed by atoms with E-state index in [0.717, 1.165) is 32.1 Å². The average Bonchev–Trinajstić information content (AvgIpc) is 2.65. The molecule has 0 bridgehead atoms. The fourth-order valence-corrected chi connectivity index (χ4v) is 2.98. The summed E-state index contributed by atoms with van der Waals surface area (Å²) in [7, 11) is 1.67. The van der Waals surface area contributed by atoms with Crippen molar-refractivity contribution >= 4 is 17.4 Å². The van der Waals surface area contributed by atoms with Crippen LogP contribution >= 0.6 is 11.6 Å². The summed E-state index contributed by atoms with van der Waals surface area (Å²) in [6.45, 7) is 4.00. The predicted octanol–water partition coefficient (Wildman–Crippen LogP) is 2.62. The first-order chi connectivity index (χ1) is 11.8. The van der Waals surface area contributed by atoms with Crippen molar-refractivity contribution in [1.29, 1.82) is 0 Å². The molecule has 1 aliphatic rings. The number of ether oxygens (including phenoxy) is 2. The summed E-state index contributed by atoms with van der Waals surface area (Å²) in [4.78, 5) is 10.5. The highest BCUT2D eigenvalue weighted by atomic mass is 35.5. The van der Waals surface area contributed by atoms with Crippen molar-refractivity contribution in [1.82, 2.24) is 14.9 Å². The number of halogens is 1. The van der Waals surface area contributed by atoms with Gasteiger partial charge in [-0.3, -0.25) is 4.90 Å². The van der Waals surface area contributed by atoms with Gasteiger partial charge >= 0.3 is 0 Å². The molecule has 24 heavy (non-hydrogen) atoms. The topological polar surface area (TPSA) is 59.5 Å². The first-order valence-electron chi connectivity index (χ1n) is 7.93. The van der Waals surface area contributed by atoms with Crippen molar-refractivity contribution in [2.75, 3.05) is 45.3 Å². The van der Waals surface area contributed by atoms with E-state index in [-0.39, 0.29) is 6.04 Å². The minimum absolute atomic E-state index is 0.200. The van der Waals surface area contributed by atoms with E-state index in [9.17, 15) is 0 Å². The normalized spacial score (nSPS) is 16.6. The number of hydrogen-bond donors (Lipinski definition) is 1. The van der Waals surface area contributed by atoms with E-state index in [4.69, 9.17) is 21.1 Å². The summed E-state index contributed by atoms with van der Waals surface area (Å²) in [6.07, 6.45) is 3.08. The fraction of sp³-hybridized carbons (Fsp3) is 0.412. The molecule has 6 nitrogen and oxygen atoms in total. The van der Waals surface area contributed by atoms with Gasteiger partial charge in [-0.2, -0.15) is 0 Å². The molecule has 2 aromatic rings. The van der Waals surface area contributed by atoms with Gasteiger partial charge in [-0.15, -0.1) is 0 Å². The van der Waals surface area contributed by atoms with E-state index in [2.05, 4.69) is 32.3 Å². The van der Waals surface area contributed by atoms with Crippen LogP contribution in [0.1, 0.15) is 11.6 Å². The number of hydrogen-bond acceptors (Lipinski definition) is 6. The van der Waals surface area contributed by atoms with Crippen molar-refractivity contribution in [3.05, 3.63) is 47.4 Å². The average molecular weight is 349 g/mol. The Morgan fingerprint density at radius 1 is 1.29 bits per heavy atom. The highest BCUT2D eigenvalue weighted by Crippen LogP contribution is 2.25. The molecule has 0 aliphatic carbocycles. The second kappa shape index (κ2) is 8.28. The number of nitrogens with one attached hydrogen (secondary N) is 1. The largest absolute Gasteiger partial charge is 0.497 e. The van der Waals surface area contributed by atoms with E-state index in [1.165, 1.54) is 11.9 Å². The number of methoxy groups -OCH3 is 1. The van der Waals surface area contributed by atoms with Gasteiger partial charge in [0, 0.05) is 19.6 Å². The molecule has 0 unspecified atom stereocenters. The van der Waals surface area contributed by atoms with Gasteiger partial charge in [0.15, 0.2) is 0 Å². The van der Waals surface area contributed by atoms with Crippen molar-refractivity contribution < 1.29 is 9.47 Å². The van der Waals surface area contributed by atoms with Crippen LogP contribution in [0.2, 0.25) is 5.02 Å². The summed E-state index contributed by atoms with van der Waals surface area (Å²) in [5.74, 6) is 1.50. The lowest BCUT2D eigenvalue weighted by molar-refractivity contribution is 0.0187. The maximum atomic E-state index is 6.14. The number of aromatic nitrogens is 2. The summed E-state index contributed by atoms with van der Waals surface area (Å²) < 4.78 is 10.7. The first-order valence-corrected chi connectivity index (χ1v) is 8.31. The quantitative estimate of drug-likeness (QED) is 0.866. The Morgan fingerprint density at radius 2 is 2.04 bits per heavy atom. The maximum Gasteiger partial charge on any atom is 0.148 e. The van der Waals surface area contributed by atoms with Gasteiger partial charge in [-0.05, 0) is 17.7 Å². The van der Waals surface area contributed by atoms with Crippen LogP contribution in [-0.2, 0) is 4.74 Å². The number of anilines is 1. The molecule has 1 aromatic carbocycles. The molecule has 128 valence electrons. The molecule has 7 heteroatoms. The Kier molecular flexibility index (Phi) is 5.85. The van der Waals surface area contributed by atoms with Gasteiger partial charge in [0.05, 0.1) is 32.6 Å².